The van der Waals surface area contributed by atoms with Gasteiger partial charge in [0.05, 0.1) is 17.2 Å². The van der Waals surface area contributed by atoms with Crippen LogP contribution in [0.15, 0.2) is 85.5 Å². The van der Waals surface area contributed by atoms with E-state index in [1.807, 2.05) is 53.2 Å². The van der Waals surface area contributed by atoms with Crippen LogP contribution in [0.1, 0.15) is 46.1 Å². The largest absolute Gasteiger partial charge is 0.383 e. The van der Waals surface area contributed by atoms with E-state index >= 15 is 0 Å². The Balaban J connectivity index is 1.27. The molecule has 3 N–H and O–H groups in total. The molecule has 0 bridgehead atoms. The van der Waals surface area contributed by atoms with Crippen LogP contribution >= 0.6 is 0 Å². The maximum absolute atomic E-state index is 12.9. The molecule has 0 aliphatic heterocycles. The highest BCUT2D eigenvalue weighted by molar-refractivity contribution is 5.94. The van der Waals surface area contributed by atoms with Gasteiger partial charge in [-0.05, 0) is 78.6 Å². The zero-order valence-corrected chi connectivity index (χ0v) is 22.0. The first-order valence-electron chi connectivity index (χ1n) is 13.2. The number of pyridine rings is 3. The molecule has 208 valence electrons. The summed E-state index contributed by atoms with van der Waals surface area (Å²) in [6.45, 7) is 0. The molecule has 1 aromatic carbocycles. The number of aryl methyl sites for hydroxylation is 1. The number of nitrogens with one attached hydrogen (secondary N) is 1. The van der Waals surface area contributed by atoms with Gasteiger partial charge in [-0.25, -0.2) is 28.4 Å². The van der Waals surface area contributed by atoms with Gasteiger partial charge >= 0.3 is 0 Å². The topological polar surface area (TPSA) is 129 Å². The molecule has 6 aromatic rings. The van der Waals surface area contributed by atoms with Crippen molar-refractivity contribution in [2.24, 2.45) is 0 Å². The number of nitrogen functional groups attached to an aromatic ring is 1. The molecule has 1 aliphatic rings. The van der Waals surface area contributed by atoms with Crippen LogP contribution in [0.2, 0.25) is 0 Å². The van der Waals surface area contributed by atoms with Crippen molar-refractivity contribution in [3.05, 3.63) is 108 Å². The van der Waals surface area contributed by atoms with E-state index in [9.17, 15) is 13.6 Å². The van der Waals surface area contributed by atoms with E-state index in [1.165, 1.54) is 18.3 Å². The first-order valence-corrected chi connectivity index (χ1v) is 13.2. The van der Waals surface area contributed by atoms with Crippen LogP contribution in [-0.4, -0.2) is 40.2 Å². The average molecular weight is 564 g/mol. The highest BCUT2D eigenvalue weighted by Crippen LogP contribution is 2.36. The smallest absolute Gasteiger partial charge is 0.280 e. The number of aromatic nitrogens is 7. The lowest BCUT2D eigenvalue weighted by Gasteiger charge is -2.16. The molecule has 10 nitrogen and oxygen atoms in total. The van der Waals surface area contributed by atoms with Gasteiger partial charge in [-0.3, -0.25) is 14.3 Å². The quantitative estimate of drug-likeness (QED) is 0.292. The van der Waals surface area contributed by atoms with E-state index in [-0.39, 0.29) is 23.2 Å². The van der Waals surface area contributed by atoms with Crippen LogP contribution in [0.4, 0.5) is 14.6 Å². The number of hydrogen-bond donors (Lipinski definition) is 2. The molecule has 7 rings (SSSR count). The van der Waals surface area contributed by atoms with Crippen molar-refractivity contribution in [2.45, 2.75) is 25.3 Å². The summed E-state index contributed by atoms with van der Waals surface area (Å²) in [6.07, 6.45) is 5.07. The Morgan fingerprint density at radius 3 is 2.69 bits per heavy atom. The van der Waals surface area contributed by atoms with E-state index in [2.05, 4.69) is 26.4 Å². The Bertz CT molecular complexity index is 1940. The van der Waals surface area contributed by atoms with Crippen LogP contribution in [-0.2, 0) is 6.42 Å². The van der Waals surface area contributed by atoms with Crippen molar-refractivity contribution in [3.8, 4) is 22.9 Å². The number of nitrogens with two attached hydrogens (primary N) is 1. The normalized spacial score (nSPS) is 14.4. The summed E-state index contributed by atoms with van der Waals surface area (Å²) in [7, 11) is 0. The van der Waals surface area contributed by atoms with Gasteiger partial charge in [0.1, 0.15) is 17.0 Å². The predicted octanol–water partition coefficient (Wildman–Crippen LogP) is 5.00. The number of carbonyl (C=O) groups is 1. The third kappa shape index (κ3) is 4.42. The summed E-state index contributed by atoms with van der Waals surface area (Å²) in [6, 6.07) is 17.6. The number of imidazole rings is 1. The molecule has 42 heavy (non-hydrogen) atoms. The summed E-state index contributed by atoms with van der Waals surface area (Å²) < 4.78 is 29.3. The number of halogens is 2. The second kappa shape index (κ2) is 10.1. The molecule has 0 saturated heterocycles. The van der Waals surface area contributed by atoms with Crippen LogP contribution in [0.3, 0.4) is 0 Å². The Morgan fingerprint density at radius 1 is 1.02 bits per heavy atom. The maximum atomic E-state index is 12.9. The molecule has 12 heteroatoms. The number of amides is 1. The molecular weight excluding hydrogens is 540 g/mol. The molecule has 5 heterocycles. The van der Waals surface area contributed by atoms with Gasteiger partial charge in [0.15, 0.2) is 17.3 Å². The van der Waals surface area contributed by atoms with Crippen molar-refractivity contribution in [2.75, 3.05) is 5.73 Å². The second-order valence-corrected chi connectivity index (χ2v) is 9.89. The molecule has 5 aromatic heterocycles. The van der Waals surface area contributed by atoms with Crippen molar-refractivity contribution in [1.82, 2.24) is 39.6 Å². The van der Waals surface area contributed by atoms with Gasteiger partial charge in [-0.15, -0.1) is 0 Å². The number of rotatable bonds is 6. The lowest BCUT2D eigenvalue weighted by molar-refractivity contribution is 0.0935. The fourth-order valence-corrected chi connectivity index (χ4v) is 5.31. The molecule has 1 amide bonds. The van der Waals surface area contributed by atoms with Crippen LogP contribution < -0.4 is 11.1 Å². The van der Waals surface area contributed by atoms with Gasteiger partial charge < -0.3 is 11.1 Å². The molecule has 1 aliphatic carbocycles. The van der Waals surface area contributed by atoms with E-state index in [0.29, 0.717) is 40.6 Å². The summed E-state index contributed by atoms with van der Waals surface area (Å²) >= 11 is 0. The predicted molar refractivity (Wildman–Crippen MR) is 151 cm³/mol. The van der Waals surface area contributed by atoms with Crippen LogP contribution in [0.25, 0.3) is 34.1 Å². The lowest BCUT2D eigenvalue weighted by atomic mass is 10.1. The molecule has 0 spiro atoms. The molecular formula is C30H23F2N9O. The minimum Gasteiger partial charge on any atom is -0.383 e. The van der Waals surface area contributed by atoms with Gasteiger partial charge in [0.25, 0.3) is 12.3 Å². The number of alkyl halides is 2. The van der Waals surface area contributed by atoms with Gasteiger partial charge in [0.2, 0.25) is 0 Å². The number of nitrogens with zero attached hydrogens (tertiary/aromatic N) is 7. The van der Waals surface area contributed by atoms with Gasteiger partial charge in [-0.1, -0.05) is 6.07 Å². The highest BCUT2D eigenvalue weighted by Gasteiger charge is 2.26. The van der Waals surface area contributed by atoms with E-state index in [1.54, 1.807) is 17.1 Å². The number of anilines is 1. The third-order valence-corrected chi connectivity index (χ3v) is 7.35. The standard InChI is InChI=1S/C30H23F2N9O/c31-26(32)23-9-5-18(16-35-23)30(42)38-22-8-4-17-15-19(6-7-20(17)22)41-28(21-3-1-12-34-27(21)33)37-24-10-11-25(39-29(24)41)40-14-2-13-36-40/h1-3,5-7,9-16,22,26H,4,8H2,(H2,33,34)(H,38,42)/t22-/m0/s1. The summed E-state index contributed by atoms with van der Waals surface area (Å²) in [5.74, 6) is 1.22. The first kappa shape index (κ1) is 25.4. The van der Waals surface area contributed by atoms with E-state index in [0.717, 1.165) is 23.2 Å². The van der Waals surface area contributed by atoms with E-state index < -0.39 is 6.43 Å². The molecule has 0 radical (unpaired) electrons. The van der Waals surface area contributed by atoms with E-state index in [4.69, 9.17) is 15.7 Å². The number of carbonyl (C=O) groups excluding carboxylic acids is 1. The zero-order chi connectivity index (χ0) is 28.8. The molecule has 0 saturated carbocycles. The maximum Gasteiger partial charge on any atom is 0.280 e. The Hall–Kier alpha value is -5.52. The Labute approximate surface area is 237 Å². The summed E-state index contributed by atoms with van der Waals surface area (Å²) in [5, 5.41) is 7.33. The number of benzene rings is 1. The van der Waals surface area contributed by atoms with Crippen molar-refractivity contribution >= 4 is 22.9 Å². The highest BCUT2D eigenvalue weighted by atomic mass is 19.3. The fourth-order valence-electron chi connectivity index (χ4n) is 5.31. The zero-order valence-electron chi connectivity index (χ0n) is 22.0. The van der Waals surface area contributed by atoms with Crippen molar-refractivity contribution in [1.29, 1.82) is 0 Å². The lowest BCUT2D eigenvalue weighted by Crippen LogP contribution is -2.27. The molecule has 1 atom stereocenters. The van der Waals surface area contributed by atoms with Crippen LogP contribution in [0, 0.1) is 0 Å². The van der Waals surface area contributed by atoms with Crippen molar-refractivity contribution in [3.63, 3.8) is 0 Å². The number of hydrogen-bond acceptors (Lipinski definition) is 7. The second-order valence-electron chi connectivity index (χ2n) is 9.89. The molecule has 0 fully saturated rings. The number of fused-ring (bicyclic) bond motifs is 2. The minimum absolute atomic E-state index is 0.228. The first-order chi connectivity index (χ1) is 20.5. The third-order valence-electron chi connectivity index (χ3n) is 7.35. The summed E-state index contributed by atoms with van der Waals surface area (Å²) in [4.78, 5) is 30.6. The monoisotopic (exact) mass is 563 g/mol. The average Bonchev–Trinajstić information content (AvgIpc) is 3.76. The minimum atomic E-state index is -2.69. The van der Waals surface area contributed by atoms with Gasteiger partial charge in [-0.2, -0.15) is 5.10 Å². The van der Waals surface area contributed by atoms with Gasteiger partial charge in [0, 0.05) is 30.5 Å². The Kier molecular flexibility index (Phi) is 6.15. The fraction of sp³-hybridized carbons (Fsp3) is 0.133. The molecule has 0 unspecified atom stereocenters. The SMILES string of the molecule is Nc1ncccc1-c1nc2ccc(-n3cccn3)nc2n1-c1ccc2c(c1)CC[C@@H]2NC(=O)c1ccc(C(F)F)nc1. The Morgan fingerprint density at radius 2 is 1.93 bits per heavy atom. The summed E-state index contributed by atoms with van der Waals surface area (Å²) in [5.41, 5.74) is 11.0. The van der Waals surface area contributed by atoms with Crippen LogP contribution in [0.5, 0.6) is 0 Å². The van der Waals surface area contributed by atoms with Crippen molar-refractivity contribution < 1.29 is 13.6 Å².